The first-order chi connectivity index (χ1) is 13.6. The number of alkyl halides is 1. The van der Waals surface area contributed by atoms with Gasteiger partial charge in [-0.15, -0.1) is 0 Å². The van der Waals surface area contributed by atoms with Gasteiger partial charge in [-0.25, -0.2) is 8.78 Å². The van der Waals surface area contributed by atoms with Gasteiger partial charge in [0.2, 0.25) is 0 Å². The molecule has 0 saturated heterocycles. The Morgan fingerprint density at radius 2 is 1.68 bits per heavy atom. The quantitative estimate of drug-likeness (QED) is 0.536. The minimum atomic E-state index is -0.817. The number of hydrogen-bond donors (Lipinski definition) is 0. The minimum Gasteiger partial charge on any atom is -0.251 e. The fraction of sp³-hybridized carbons (Fsp3) is 0.458. The highest BCUT2D eigenvalue weighted by atomic mass is 19.1. The van der Waals surface area contributed by atoms with Gasteiger partial charge in [-0.1, -0.05) is 37.6 Å². The summed E-state index contributed by atoms with van der Waals surface area (Å²) in [5, 5.41) is 8.20. The molecule has 0 spiro atoms. The lowest BCUT2D eigenvalue weighted by Crippen LogP contribution is -2.13. The molecule has 1 aliphatic carbocycles. The van der Waals surface area contributed by atoms with E-state index in [-0.39, 0.29) is 12.2 Å². The normalized spacial score (nSPS) is 18.7. The predicted molar refractivity (Wildman–Crippen MR) is 107 cm³/mol. The lowest BCUT2D eigenvalue weighted by molar-refractivity contribution is 0.283. The molecule has 0 N–H and O–H groups in total. The van der Waals surface area contributed by atoms with E-state index in [9.17, 15) is 13.2 Å². The van der Waals surface area contributed by atoms with E-state index in [1.54, 1.807) is 6.07 Å². The Labute approximate surface area is 166 Å². The van der Waals surface area contributed by atoms with Crippen molar-refractivity contribution in [1.82, 2.24) is 0 Å². The molecule has 2 aromatic rings. The van der Waals surface area contributed by atoms with E-state index in [2.05, 4.69) is 31.2 Å². The van der Waals surface area contributed by atoms with Gasteiger partial charge < -0.3 is 0 Å². The average molecular weight is 387 g/mol. The second-order valence-electron chi connectivity index (χ2n) is 7.42. The molecule has 0 atom stereocenters. The van der Waals surface area contributed by atoms with Crippen LogP contribution in [0.1, 0.15) is 68.1 Å². The first-order valence-corrected chi connectivity index (χ1v) is 10.1. The number of benzene rings is 2. The van der Waals surface area contributed by atoms with Crippen LogP contribution in [0.4, 0.5) is 13.2 Å². The predicted octanol–water partition coefficient (Wildman–Crippen LogP) is 7.11. The maximum Gasteiger partial charge on any atom is 0.143 e. The Morgan fingerprint density at radius 1 is 1.00 bits per heavy atom. The molecule has 1 aliphatic rings. The first kappa shape index (κ1) is 22.0. The second kappa shape index (κ2) is 11.5. The summed E-state index contributed by atoms with van der Waals surface area (Å²) in [4.78, 5) is 0. The van der Waals surface area contributed by atoms with Gasteiger partial charge in [0.15, 0.2) is 0 Å². The van der Waals surface area contributed by atoms with Crippen LogP contribution in [0.25, 0.3) is 0 Å². The molecule has 4 heteroatoms. The molecule has 0 bridgehead atoms. The van der Waals surface area contributed by atoms with Crippen LogP contribution >= 0.6 is 0 Å². The van der Waals surface area contributed by atoms with Gasteiger partial charge in [-0.05, 0) is 73.6 Å². The highest BCUT2D eigenvalue weighted by Crippen LogP contribution is 2.37. The van der Waals surface area contributed by atoms with E-state index in [4.69, 9.17) is 5.26 Å². The zero-order valence-corrected chi connectivity index (χ0v) is 16.4. The van der Waals surface area contributed by atoms with Crippen molar-refractivity contribution in [3.8, 4) is 6.07 Å². The Balaban J connectivity index is 0.000000237. The molecular weight excluding hydrogens is 359 g/mol. The molecule has 0 unspecified atom stereocenters. The summed E-state index contributed by atoms with van der Waals surface area (Å²) in [6, 6.07) is 13.6. The highest BCUT2D eigenvalue weighted by Gasteiger charge is 2.21. The van der Waals surface area contributed by atoms with Crippen molar-refractivity contribution in [2.75, 3.05) is 6.67 Å². The fourth-order valence-electron chi connectivity index (χ4n) is 3.76. The largest absolute Gasteiger partial charge is 0.251 e. The van der Waals surface area contributed by atoms with Crippen LogP contribution in [0, 0.1) is 28.9 Å². The third-order valence-electron chi connectivity index (χ3n) is 5.41. The Kier molecular flexibility index (Phi) is 9.07. The third-order valence-corrected chi connectivity index (χ3v) is 5.41. The van der Waals surface area contributed by atoms with Crippen molar-refractivity contribution in [1.29, 1.82) is 5.26 Å². The van der Waals surface area contributed by atoms with Gasteiger partial charge in [-0.3, -0.25) is 4.39 Å². The van der Waals surface area contributed by atoms with Crippen molar-refractivity contribution in [3.63, 3.8) is 0 Å². The van der Waals surface area contributed by atoms with Crippen molar-refractivity contribution < 1.29 is 13.2 Å². The standard InChI is InChI=1S/C17H25F.C7H3F2N/c1-2-3-14-4-8-16(9-5-14)17-10-6-15(7-11-17)12-13-18;8-6-2-1-5(4-10)7(9)3-6/h4-5,8-9,15,17H,2-3,6-7,10-13H2,1H3;1-3H. The zero-order valence-electron chi connectivity index (χ0n) is 16.4. The van der Waals surface area contributed by atoms with Gasteiger partial charge in [-0.2, -0.15) is 5.26 Å². The van der Waals surface area contributed by atoms with E-state index in [1.807, 2.05) is 0 Å². The lowest BCUT2D eigenvalue weighted by atomic mass is 9.77. The lowest BCUT2D eigenvalue weighted by Gasteiger charge is -2.28. The van der Waals surface area contributed by atoms with E-state index in [0.717, 1.165) is 24.5 Å². The van der Waals surface area contributed by atoms with E-state index >= 15 is 0 Å². The fourth-order valence-corrected chi connectivity index (χ4v) is 3.76. The van der Waals surface area contributed by atoms with Gasteiger partial charge in [0.05, 0.1) is 12.2 Å². The van der Waals surface area contributed by atoms with Crippen molar-refractivity contribution in [3.05, 3.63) is 70.8 Å². The summed E-state index contributed by atoms with van der Waals surface area (Å²) < 4.78 is 36.8. The molecular formula is C24H28F3N. The zero-order chi connectivity index (χ0) is 20.4. The van der Waals surface area contributed by atoms with Crippen LogP contribution in [-0.2, 0) is 6.42 Å². The van der Waals surface area contributed by atoms with Crippen LogP contribution in [0.3, 0.4) is 0 Å². The molecule has 28 heavy (non-hydrogen) atoms. The van der Waals surface area contributed by atoms with Crippen LogP contribution in [-0.4, -0.2) is 6.67 Å². The smallest absolute Gasteiger partial charge is 0.143 e. The molecule has 0 amide bonds. The van der Waals surface area contributed by atoms with E-state index in [0.29, 0.717) is 12.0 Å². The average Bonchev–Trinajstić information content (AvgIpc) is 2.70. The molecule has 1 saturated carbocycles. The first-order valence-electron chi connectivity index (χ1n) is 10.1. The number of nitriles is 1. The van der Waals surface area contributed by atoms with E-state index < -0.39 is 11.6 Å². The maximum atomic E-state index is 12.4. The number of rotatable bonds is 5. The van der Waals surface area contributed by atoms with E-state index in [1.165, 1.54) is 49.7 Å². The maximum absolute atomic E-state index is 12.4. The summed E-state index contributed by atoms with van der Waals surface area (Å²) in [6.07, 6.45) is 8.10. The summed E-state index contributed by atoms with van der Waals surface area (Å²) in [7, 11) is 0. The monoisotopic (exact) mass is 387 g/mol. The van der Waals surface area contributed by atoms with Gasteiger partial charge >= 0.3 is 0 Å². The third kappa shape index (κ3) is 6.71. The number of hydrogen-bond acceptors (Lipinski definition) is 1. The van der Waals surface area contributed by atoms with Crippen LogP contribution in [0.2, 0.25) is 0 Å². The molecule has 0 heterocycles. The van der Waals surface area contributed by atoms with Crippen LogP contribution in [0.15, 0.2) is 42.5 Å². The molecule has 150 valence electrons. The number of nitrogens with zero attached hydrogens (tertiary/aromatic N) is 1. The second-order valence-corrected chi connectivity index (χ2v) is 7.42. The Bertz CT molecular complexity index is 756. The van der Waals surface area contributed by atoms with Crippen LogP contribution in [0.5, 0.6) is 0 Å². The molecule has 1 nitrogen and oxygen atoms in total. The Hall–Kier alpha value is -2.28. The van der Waals surface area contributed by atoms with Crippen molar-refractivity contribution >= 4 is 0 Å². The molecule has 0 aliphatic heterocycles. The summed E-state index contributed by atoms with van der Waals surface area (Å²) in [6.45, 7) is 2.08. The van der Waals surface area contributed by atoms with Crippen molar-refractivity contribution in [2.24, 2.45) is 5.92 Å². The topological polar surface area (TPSA) is 23.8 Å². The summed E-state index contributed by atoms with van der Waals surface area (Å²) in [5.74, 6) is -0.124. The number of halogens is 3. The summed E-state index contributed by atoms with van der Waals surface area (Å²) >= 11 is 0. The minimum absolute atomic E-state index is 0.138. The molecule has 0 radical (unpaired) electrons. The highest BCUT2D eigenvalue weighted by molar-refractivity contribution is 5.30. The molecule has 2 aromatic carbocycles. The SMILES string of the molecule is CCCc1ccc(C2CCC(CCF)CC2)cc1.N#Cc1ccc(F)cc1F. The van der Waals surface area contributed by atoms with Gasteiger partial charge in [0.1, 0.15) is 17.7 Å². The molecule has 3 rings (SSSR count). The summed E-state index contributed by atoms with van der Waals surface area (Å²) in [5.41, 5.74) is 2.81. The molecule has 1 fully saturated rings. The van der Waals surface area contributed by atoms with Crippen molar-refractivity contribution in [2.45, 2.75) is 57.8 Å². The van der Waals surface area contributed by atoms with Crippen LogP contribution < -0.4 is 0 Å². The molecule has 0 aromatic heterocycles. The Morgan fingerprint density at radius 3 is 2.21 bits per heavy atom. The van der Waals surface area contributed by atoms with Gasteiger partial charge in [0, 0.05) is 6.07 Å². The van der Waals surface area contributed by atoms with Gasteiger partial charge in [0.25, 0.3) is 0 Å². The number of aryl methyl sites for hydroxylation is 1.